The molecule has 3 heterocycles. The third kappa shape index (κ3) is 5.89. The summed E-state index contributed by atoms with van der Waals surface area (Å²) in [7, 11) is -1.57. The number of benzene rings is 2. The standard InChI is InChI=1S/C29H27FN6O3S/c1-18-11-19(13-26(37)35-20-15-34-36(17-20)29(2,3)4)12-23(30)28(18)39-25-7-8-32-24-6-5-21(14-22(24)25)40(38)27-16-31-9-10-33-27/h5-12,14-17H,13H2,1-4H3,(H,35,37). The molecule has 0 saturated heterocycles. The van der Waals surface area contributed by atoms with Gasteiger partial charge >= 0.3 is 0 Å². The number of halogens is 1. The van der Waals surface area contributed by atoms with E-state index in [1.807, 2.05) is 20.8 Å². The van der Waals surface area contributed by atoms with Gasteiger partial charge in [-0.25, -0.2) is 13.6 Å². The molecule has 9 nitrogen and oxygen atoms in total. The van der Waals surface area contributed by atoms with Crippen LogP contribution in [0.5, 0.6) is 11.5 Å². The predicted octanol–water partition coefficient (Wildman–Crippen LogP) is 5.56. The van der Waals surface area contributed by atoms with Crippen molar-refractivity contribution in [3.05, 3.63) is 90.5 Å². The molecule has 0 aliphatic rings. The first kappa shape index (κ1) is 27.1. The van der Waals surface area contributed by atoms with Crippen molar-refractivity contribution in [1.29, 1.82) is 0 Å². The lowest BCUT2D eigenvalue weighted by Crippen LogP contribution is -2.22. The number of fused-ring (bicyclic) bond motifs is 1. The van der Waals surface area contributed by atoms with E-state index in [9.17, 15) is 9.00 Å². The van der Waals surface area contributed by atoms with E-state index in [1.165, 1.54) is 24.7 Å². The summed E-state index contributed by atoms with van der Waals surface area (Å²) in [6, 6.07) is 9.74. The zero-order valence-electron chi connectivity index (χ0n) is 22.4. The van der Waals surface area contributed by atoms with Crippen LogP contribution >= 0.6 is 0 Å². The number of pyridine rings is 1. The zero-order chi connectivity index (χ0) is 28.4. The molecule has 0 fully saturated rings. The molecule has 0 radical (unpaired) electrons. The highest BCUT2D eigenvalue weighted by Gasteiger charge is 2.18. The minimum atomic E-state index is -1.57. The van der Waals surface area contributed by atoms with E-state index >= 15 is 4.39 Å². The van der Waals surface area contributed by atoms with Gasteiger partial charge in [-0.2, -0.15) is 5.10 Å². The monoisotopic (exact) mass is 558 g/mol. The number of nitrogens with one attached hydrogen (secondary N) is 1. The molecule has 2 aromatic carbocycles. The smallest absolute Gasteiger partial charge is 0.228 e. The largest absolute Gasteiger partial charge is 0.453 e. The van der Waals surface area contributed by atoms with Gasteiger partial charge in [0.15, 0.2) is 11.6 Å². The van der Waals surface area contributed by atoms with Crippen LogP contribution in [0.15, 0.2) is 83.5 Å². The second-order valence-corrected chi connectivity index (χ2v) is 11.6. The van der Waals surface area contributed by atoms with Crippen LogP contribution in [0.3, 0.4) is 0 Å². The van der Waals surface area contributed by atoms with Crippen molar-refractivity contribution >= 4 is 33.3 Å². The Morgan fingerprint density at radius 2 is 1.90 bits per heavy atom. The summed E-state index contributed by atoms with van der Waals surface area (Å²) in [5.74, 6) is -0.507. The number of rotatable bonds is 7. The Morgan fingerprint density at radius 1 is 1.07 bits per heavy atom. The van der Waals surface area contributed by atoms with Crippen LogP contribution in [0, 0.1) is 12.7 Å². The normalized spacial score (nSPS) is 12.3. The first-order chi connectivity index (χ1) is 19.1. The van der Waals surface area contributed by atoms with Gasteiger partial charge in [-0.05, 0) is 69.2 Å². The molecule has 11 heteroatoms. The lowest BCUT2D eigenvalue weighted by atomic mass is 10.1. The van der Waals surface area contributed by atoms with E-state index in [0.29, 0.717) is 43.4 Å². The van der Waals surface area contributed by atoms with Gasteiger partial charge in [0.1, 0.15) is 21.6 Å². The van der Waals surface area contributed by atoms with Gasteiger partial charge in [-0.1, -0.05) is 6.07 Å². The fourth-order valence-corrected chi connectivity index (χ4v) is 5.07. The van der Waals surface area contributed by atoms with E-state index in [2.05, 4.69) is 25.4 Å². The van der Waals surface area contributed by atoms with Gasteiger partial charge < -0.3 is 10.1 Å². The molecule has 5 aromatic rings. The minimum Gasteiger partial charge on any atom is -0.453 e. The molecular formula is C29H27FN6O3S. The number of amides is 1. The van der Waals surface area contributed by atoms with Crippen LogP contribution in [0.2, 0.25) is 0 Å². The molecule has 1 unspecified atom stereocenters. The number of nitrogens with zero attached hydrogens (tertiary/aromatic N) is 5. The Morgan fingerprint density at radius 3 is 2.60 bits per heavy atom. The molecule has 1 atom stereocenters. The van der Waals surface area contributed by atoms with Crippen molar-refractivity contribution in [2.24, 2.45) is 0 Å². The van der Waals surface area contributed by atoms with E-state index in [0.717, 1.165) is 0 Å². The highest BCUT2D eigenvalue weighted by molar-refractivity contribution is 7.85. The Bertz CT molecular complexity index is 1710. The van der Waals surface area contributed by atoms with Crippen molar-refractivity contribution in [3.8, 4) is 11.5 Å². The SMILES string of the molecule is Cc1cc(CC(=O)Nc2cnn(C(C)(C)C)c2)cc(F)c1Oc1ccnc2ccc(S(=O)c3cnccn3)cc12. The summed E-state index contributed by atoms with van der Waals surface area (Å²) < 4.78 is 36.1. The van der Waals surface area contributed by atoms with E-state index in [4.69, 9.17) is 4.74 Å². The summed E-state index contributed by atoms with van der Waals surface area (Å²) in [4.78, 5) is 25.6. The van der Waals surface area contributed by atoms with E-state index in [1.54, 1.807) is 60.5 Å². The van der Waals surface area contributed by atoms with E-state index < -0.39 is 16.6 Å². The van der Waals surface area contributed by atoms with Gasteiger partial charge in [-0.3, -0.25) is 19.4 Å². The van der Waals surface area contributed by atoms with Crippen LogP contribution in [-0.4, -0.2) is 34.8 Å². The molecule has 0 saturated carbocycles. The molecule has 1 N–H and O–H groups in total. The van der Waals surface area contributed by atoms with Crippen molar-refractivity contribution in [2.75, 3.05) is 5.32 Å². The molecule has 40 heavy (non-hydrogen) atoms. The maximum Gasteiger partial charge on any atom is 0.228 e. The first-order valence-corrected chi connectivity index (χ1v) is 13.6. The maximum absolute atomic E-state index is 15.3. The molecule has 1 amide bonds. The fraction of sp³-hybridized carbons (Fsp3) is 0.207. The Kier molecular flexibility index (Phi) is 7.40. The van der Waals surface area contributed by atoms with Crippen LogP contribution in [0.1, 0.15) is 31.9 Å². The molecule has 5 rings (SSSR count). The number of aryl methyl sites for hydroxylation is 1. The molecule has 0 aliphatic heterocycles. The van der Waals surface area contributed by atoms with Crippen molar-refractivity contribution in [1.82, 2.24) is 24.7 Å². The maximum atomic E-state index is 15.3. The topological polar surface area (TPSA) is 112 Å². The van der Waals surface area contributed by atoms with Crippen LogP contribution in [0.4, 0.5) is 10.1 Å². The Labute approximate surface area is 232 Å². The molecule has 204 valence electrons. The minimum absolute atomic E-state index is 0.0194. The number of ether oxygens (including phenoxy) is 1. The second-order valence-electron chi connectivity index (χ2n) is 10.2. The van der Waals surface area contributed by atoms with Crippen LogP contribution < -0.4 is 10.1 Å². The highest BCUT2D eigenvalue weighted by atomic mass is 32.2. The number of carbonyl (C=O) groups excluding carboxylic acids is 1. The predicted molar refractivity (Wildman–Crippen MR) is 149 cm³/mol. The summed E-state index contributed by atoms with van der Waals surface area (Å²) in [5.41, 5.74) is 1.98. The van der Waals surface area contributed by atoms with Gasteiger partial charge in [0.2, 0.25) is 5.91 Å². The number of anilines is 1. The molecule has 0 bridgehead atoms. The van der Waals surface area contributed by atoms with Crippen molar-refractivity contribution < 1.29 is 18.1 Å². The summed E-state index contributed by atoms with van der Waals surface area (Å²) >= 11 is 0. The molecule has 0 aliphatic carbocycles. The van der Waals surface area contributed by atoms with Crippen LogP contribution in [-0.2, 0) is 27.6 Å². The number of hydrogen-bond donors (Lipinski definition) is 1. The van der Waals surface area contributed by atoms with Crippen molar-refractivity contribution in [3.63, 3.8) is 0 Å². The summed E-state index contributed by atoms with van der Waals surface area (Å²) in [6.45, 7) is 7.74. The Hall–Kier alpha value is -4.51. The number of hydrogen-bond acceptors (Lipinski definition) is 7. The lowest BCUT2D eigenvalue weighted by molar-refractivity contribution is -0.115. The average Bonchev–Trinajstić information content (AvgIpc) is 3.39. The Balaban J connectivity index is 1.36. The van der Waals surface area contributed by atoms with E-state index in [-0.39, 0.29) is 23.6 Å². The quantitative estimate of drug-likeness (QED) is 0.278. The third-order valence-electron chi connectivity index (χ3n) is 6.04. The van der Waals surface area contributed by atoms with Crippen molar-refractivity contribution in [2.45, 2.75) is 49.6 Å². The molecule has 3 aromatic heterocycles. The lowest BCUT2D eigenvalue weighted by Gasteiger charge is -2.18. The van der Waals surface area contributed by atoms with Gasteiger partial charge in [0.25, 0.3) is 0 Å². The van der Waals surface area contributed by atoms with Crippen LogP contribution in [0.25, 0.3) is 10.9 Å². The van der Waals surface area contributed by atoms with Gasteiger partial charge in [0, 0.05) is 35.1 Å². The number of carbonyl (C=O) groups is 1. The fourth-order valence-electron chi connectivity index (χ4n) is 4.09. The zero-order valence-corrected chi connectivity index (χ0v) is 23.2. The van der Waals surface area contributed by atoms with Gasteiger partial charge in [0.05, 0.1) is 35.6 Å². The number of aromatic nitrogens is 5. The molecule has 0 spiro atoms. The highest BCUT2D eigenvalue weighted by Crippen LogP contribution is 2.34. The summed E-state index contributed by atoms with van der Waals surface area (Å²) in [6.07, 6.45) is 9.31. The first-order valence-electron chi connectivity index (χ1n) is 12.5. The molecular weight excluding hydrogens is 531 g/mol. The second kappa shape index (κ2) is 10.9. The third-order valence-corrected chi connectivity index (χ3v) is 7.31. The average molecular weight is 559 g/mol. The van der Waals surface area contributed by atoms with Gasteiger partial charge in [-0.15, -0.1) is 0 Å². The summed E-state index contributed by atoms with van der Waals surface area (Å²) in [5, 5.41) is 7.97.